The van der Waals surface area contributed by atoms with Crippen LogP contribution in [0, 0.1) is 19.8 Å². The van der Waals surface area contributed by atoms with Crippen molar-refractivity contribution in [3.63, 3.8) is 0 Å². The van der Waals surface area contributed by atoms with E-state index in [1.165, 1.54) is 36.8 Å². The quantitative estimate of drug-likeness (QED) is 0.624. The van der Waals surface area contributed by atoms with Gasteiger partial charge in [-0.1, -0.05) is 55.5 Å². The van der Waals surface area contributed by atoms with Gasteiger partial charge >= 0.3 is 0 Å². The van der Waals surface area contributed by atoms with Crippen molar-refractivity contribution in [2.45, 2.75) is 52.4 Å². The molecule has 0 saturated heterocycles. The van der Waals surface area contributed by atoms with Crippen LogP contribution in [-0.2, 0) is 0 Å². The first kappa shape index (κ1) is 10.7. The number of aryl methyl sites for hydroxylation is 2. The number of hydrogen-bond acceptors (Lipinski definition) is 0. The van der Waals surface area contributed by atoms with Crippen LogP contribution in [-0.4, -0.2) is 0 Å². The zero-order chi connectivity index (χ0) is 10.8. The molecule has 1 aromatic carbocycles. The molecule has 0 aromatic heterocycles. The lowest BCUT2D eigenvalue weighted by Gasteiger charge is -2.29. The summed E-state index contributed by atoms with van der Waals surface area (Å²) in [6.45, 7) is 6.84. The molecule has 2 rings (SSSR count). The van der Waals surface area contributed by atoms with Gasteiger partial charge in [-0.15, -0.1) is 0 Å². The summed E-state index contributed by atoms with van der Waals surface area (Å²) in [5.41, 5.74) is 4.42. The molecule has 2 atom stereocenters. The van der Waals surface area contributed by atoms with E-state index >= 15 is 0 Å². The highest BCUT2D eigenvalue weighted by atomic mass is 14.3. The molecule has 0 aliphatic heterocycles. The fourth-order valence-electron chi connectivity index (χ4n) is 3.04. The number of rotatable bonds is 1. The Morgan fingerprint density at radius 3 is 2.13 bits per heavy atom. The Morgan fingerprint density at radius 1 is 0.933 bits per heavy atom. The molecule has 1 aromatic rings. The molecule has 1 aliphatic rings. The van der Waals surface area contributed by atoms with Crippen molar-refractivity contribution in [1.82, 2.24) is 0 Å². The lowest BCUT2D eigenvalue weighted by molar-refractivity contribution is 0.330. The van der Waals surface area contributed by atoms with Crippen LogP contribution in [0.4, 0.5) is 0 Å². The summed E-state index contributed by atoms with van der Waals surface area (Å²) in [6.07, 6.45) is 5.66. The van der Waals surface area contributed by atoms with Crippen molar-refractivity contribution in [3.05, 3.63) is 34.9 Å². The van der Waals surface area contributed by atoms with E-state index in [1.807, 2.05) is 0 Å². The van der Waals surface area contributed by atoms with Crippen LogP contribution in [0.3, 0.4) is 0 Å². The van der Waals surface area contributed by atoms with Crippen LogP contribution < -0.4 is 0 Å². The molecule has 0 heteroatoms. The summed E-state index contributed by atoms with van der Waals surface area (Å²) in [4.78, 5) is 0. The molecule has 15 heavy (non-hydrogen) atoms. The van der Waals surface area contributed by atoms with Gasteiger partial charge in [-0.3, -0.25) is 0 Å². The molecule has 0 bridgehead atoms. The van der Waals surface area contributed by atoms with E-state index in [0.717, 1.165) is 11.8 Å². The van der Waals surface area contributed by atoms with Crippen LogP contribution in [0.5, 0.6) is 0 Å². The number of hydrogen-bond donors (Lipinski definition) is 0. The van der Waals surface area contributed by atoms with E-state index in [4.69, 9.17) is 0 Å². The van der Waals surface area contributed by atoms with Crippen molar-refractivity contribution in [1.29, 1.82) is 0 Å². The summed E-state index contributed by atoms with van der Waals surface area (Å²) < 4.78 is 0. The maximum Gasteiger partial charge on any atom is -0.0136 e. The lowest BCUT2D eigenvalue weighted by atomic mass is 9.76. The summed E-state index contributed by atoms with van der Waals surface area (Å²) in [6, 6.07) is 7.05. The van der Waals surface area contributed by atoms with Gasteiger partial charge in [-0.2, -0.15) is 0 Å². The van der Waals surface area contributed by atoms with E-state index < -0.39 is 0 Å². The molecular weight excluding hydrogens is 180 g/mol. The predicted molar refractivity (Wildman–Crippen MR) is 66.3 cm³/mol. The van der Waals surface area contributed by atoms with E-state index in [1.54, 1.807) is 5.56 Å². The van der Waals surface area contributed by atoms with Crippen LogP contribution in [0.25, 0.3) is 0 Å². The molecule has 2 unspecified atom stereocenters. The van der Waals surface area contributed by atoms with Crippen LogP contribution >= 0.6 is 0 Å². The maximum absolute atomic E-state index is 2.42. The highest BCUT2D eigenvalue weighted by molar-refractivity contribution is 5.31. The second-order valence-electron chi connectivity index (χ2n) is 5.29. The Balaban J connectivity index is 2.27. The number of benzene rings is 1. The molecule has 0 spiro atoms. The van der Waals surface area contributed by atoms with Gasteiger partial charge in [-0.25, -0.2) is 0 Å². The molecule has 1 aliphatic carbocycles. The Kier molecular flexibility index (Phi) is 3.14. The van der Waals surface area contributed by atoms with Crippen LogP contribution in [0.15, 0.2) is 18.2 Å². The second kappa shape index (κ2) is 4.38. The van der Waals surface area contributed by atoms with E-state index in [0.29, 0.717) is 0 Å². The molecule has 0 amide bonds. The third-order valence-corrected chi connectivity index (χ3v) is 3.78. The molecule has 0 heterocycles. The Morgan fingerprint density at radius 2 is 1.53 bits per heavy atom. The fraction of sp³-hybridized carbons (Fsp3) is 0.600. The molecule has 0 radical (unpaired) electrons. The smallest absolute Gasteiger partial charge is 0.0136 e. The molecule has 0 nitrogen and oxygen atoms in total. The highest BCUT2D eigenvalue weighted by Crippen LogP contribution is 2.37. The normalized spacial score (nSPS) is 26.6. The first-order valence-corrected chi connectivity index (χ1v) is 6.25. The van der Waals surface area contributed by atoms with Gasteiger partial charge in [0.25, 0.3) is 0 Å². The molecule has 1 saturated carbocycles. The molecule has 1 fully saturated rings. The molecule has 82 valence electrons. The van der Waals surface area contributed by atoms with Crippen LogP contribution in [0.2, 0.25) is 0 Å². The topological polar surface area (TPSA) is 0 Å². The van der Waals surface area contributed by atoms with Gasteiger partial charge < -0.3 is 0 Å². The first-order chi connectivity index (χ1) is 7.16. The van der Waals surface area contributed by atoms with Crippen molar-refractivity contribution in [2.24, 2.45) is 5.92 Å². The van der Waals surface area contributed by atoms with Crippen LogP contribution in [0.1, 0.15) is 55.2 Å². The second-order valence-corrected chi connectivity index (χ2v) is 5.29. The Bertz CT molecular complexity index is 318. The minimum atomic E-state index is 0.817. The minimum Gasteiger partial charge on any atom is -0.0619 e. The van der Waals surface area contributed by atoms with Gasteiger partial charge in [-0.05, 0) is 37.7 Å². The van der Waals surface area contributed by atoms with Gasteiger partial charge in [0.1, 0.15) is 0 Å². The van der Waals surface area contributed by atoms with Gasteiger partial charge in [0.15, 0.2) is 0 Å². The fourth-order valence-corrected chi connectivity index (χ4v) is 3.04. The average molecular weight is 202 g/mol. The van der Waals surface area contributed by atoms with E-state index in [2.05, 4.69) is 39.0 Å². The largest absolute Gasteiger partial charge is 0.0619 e. The van der Waals surface area contributed by atoms with Gasteiger partial charge in [0.05, 0.1) is 0 Å². The molecular formula is C15H22. The SMILES string of the molecule is Cc1cc(C)cc(C2CCCCC2C)c1. The van der Waals surface area contributed by atoms with Gasteiger partial charge in [0.2, 0.25) is 0 Å². The van der Waals surface area contributed by atoms with Crippen molar-refractivity contribution in [3.8, 4) is 0 Å². The highest BCUT2D eigenvalue weighted by Gasteiger charge is 2.22. The zero-order valence-electron chi connectivity index (χ0n) is 10.2. The first-order valence-electron chi connectivity index (χ1n) is 6.25. The van der Waals surface area contributed by atoms with Crippen molar-refractivity contribution >= 4 is 0 Å². The lowest BCUT2D eigenvalue weighted by Crippen LogP contribution is -2.14. The third-order valence-electron chi connectivity index (χ3n) is 3.78. The van der Waals surface area contributed by atoms with Crippen molar-refractivity contribution < 1.29 is 0 Å². The Hall–Kier alpha value is -0.780. The van der Waals surface area contributed by atoms with E-state index in [9.17, 15) is 0 Å². The zero-order valence-corrected chi connectivity index (χ0v) is 10.2. The average Bonchev–Trinajstić information content (AvgIpc) is 2.16. The predicted octanol–water partition coefficient (Wildman–Crippen LogP) is 4.60. The third kappa shape index (κ3) is 2.42. The maximum atomic E-state index is 2.42. The van der Waals surface area contributed by atoms with Gasteiger partial charge in [0, 0.05) is 0 Å². The summed E-state index contributed by atoms with van der Waals surface area (Å²) >= 11 is 0. The standard InChI is InChI=1S/C15H22/c1-11-8-12(2)10-14(9-11)15-7-5-4-6-13(15)3/h8-10,13,15H,4-7H2,1-3H3. The minimum absolute atomic E-state index is 0.817. The summed E-state index contributed by atoms with van der Waals surface area (Å²) in [7, 11) is 0. The summed E-state index contributed by atoms with van der Waals surface area (Å²) in [5.74, 6) is 1.69. The van der Waals surface area contributed by atoms with Crippen molar-refractivity contribution in [2.75, 3.05) is 0 Å². The Labute approximate surface area is 93.7 Å². The van der Waals surface area contributed by atoms with E-state index in [-0.39, 0.29) is 0 Å². The monoisotopic (exact) mass is 202 g/mol. The molecule has 0 N–H and O–H groups in total. The summed E-state index contributed by atoms with van der Waals surface area (Å²) in [5, 5.41) is 0.